The third-order valence-electron chi connectivity index (χ3n) is 2.18. The first-order chi connectivity index (χ1) is 9.06. The van der Waals surface area contributed by atoms with Crippen LogP contribution in [-0.4, -0.2) is 55.2 Å². The van der Waals surface area contributed by atoms with Crippen LogP contribution >= 0.6 is 0 Å². The molecule has 0 saturated carbocycles. The fourth-order valence-corrected chi connectivity index (χ4v) is 1.18. The number of ether oxygens (including phenoxy) is 1. The Morgan fingerprint density at radius 2 is 1.84 bits per heavy atom. The van der Waals surface area contributed by atoms with Crippen LogP contribution in [0.5, 0.6) is 0 Å². The lowest BCUT2D eigenvalue weighted by Crippen LogP contribution is -2.20. The fourth-order valence-electron chi connectivity index (χ4n) is 1.18. The number of hydrogen-bond donors (Lipinski definition) is 2. The molecule has 0 unspecified atom stereocenters. The fraction of sp³-hybridized carbons (Fsp3) is 0.636. The van der Waals surface area contributed by atoms with Crippen molar-refractivity contribution in [2.45, 2.75) is 13.3 Å². The van der Waals surface area contributed by atoms with Crippen molar-refractivity contribution in [1.29, 1.82) is 0 Å². The van der Waals surface area contributed by atoms with Gasteiger partial charge >= 0.3 is 5.97 Å². The first-order valence-electron chi connectivity index (χ1n) is 6.04. The minimum atomic E-state index is -0.380. The van der Waals surface area contributed by atoms with Crippen molar-refractivity contribution in [1.82, 2.24) is 15.0 Å². The van der Waals surface area contributed by atoms with E-state index in [1.54, 1.807) is 4.90 Å². The van der Waals surface area contributed by atoms with Gasteiger partial charge in [0.25, 0.3) is 0 Å². The molecule has 0 aromatic carbocycles. The number of carbonyl (C=O) groups is 1. The smallest absolute Gasteiger partial charge is 0.325 e. The Morgan fingerprint density at radius 1 is 1.21 bits per heavy atom. The summed E-state index contributed by atoms with van der Waals surface area (Å²) in [4.78, 5) is 25.5. The molecule has 0 amide bonds. The van der Waals surface area contributed by atoms with Gasteiger partial charge < -0.3 is 20.3 Å². The zero-order valence-corrected chi connectivity index (χ0v) is 11.7. The number of methoxy groups -OCH3 is 1. The molecule has 1 heterocycles. The second kappa shape index (κ2) is 7.34. The Morgan fingerprint density at radius 3 is 2.37 bits per heavy atom. The van der Waals surface area contributed by atoms with Crippen molar-refractivity contribution >= 4 is 23.8 Å². The van der Waals surface area contributed by atoms with Crippen molar-refractivity contribution in [2.75, 3.05) is 49.8 Å². The van der Waals surface area contributed by atoms with E-state index in [-0.39, 0.29) is 12.5 Å². The summed E-state index contributed by atoms with van der Waals surface area (Å²) in [5.41, 5.74) is 0. The monoisotopic (exact) mass is 268 g/mol. The highest BCUT2D eigenvalue weighted by molar-refractivity contribution is 5.74. The molecule has 0 atom stereocenters. The van der Waals surface area contributed by atoms with Gasteiger partial charge in [-0.2, -0.15) is 15.0 Å². The maximum absolute atomic E-state index is 11.1. The highest BCUT2D eigenvalue weighted by Crippen LogP contribution is 2.11. The van der Waals surface area contributed by atoms with Crippen LogP contribution in [0.15, 0.2) is 0 Å². The van der Waals surface area contributed by atoms with Crippen LogP contribution in [0, 0.1) is 0 Å². The van der Waals surface area contributed by atoms with Crippen LogP contribution in [-0.2, 0) is 9.53 Å². The van der Waals surface area contributed by atoms with E-state index in [1.807, 2.05) is 14.1 Å². The maximum atomic E-state index is 11.1. The van der Waals surface area contributed by atoms with Gasteiger partial charge in [-0.25, -0.2) is 0 Å². The van der Waals surface area contributed by atoms with Crippen LogP contribution in [0.2, 0.25) is 0 Å². The third kappa shape index (κ3) is 4.94. The highest BCUT2D eigenvalue weighted by atomic mass is 16.5. The van der Waals surface area contributed by atoms with Crippen LogP contribution in [0.1, 0.15) is 13.3 Å². The van der Waals surface area contributed by atoms with Crippen LogP contribution in [0.4, 0.5) is 17.8 Å². The maximum Gasteiger partial charge on any atom is 0.325 e. The molecule has 0 bridgehead atoms. The van der Waals surface area contributed by atoms with Crippen LogP contribution in [0.25, 0.3) is 0 Å². The Kier molecular flexibility index (Phi) is 5.77. The summed E-state index contributed by atoms with van der Waals surface area (Å²) >= 11 is 0. The molecule has 2 N–H and O–H groups in total. The number of anilines is 3. The number of aromatic nitrogens is 3. The first-order valence-corrected chi connectivity index (χ1v) is 6.04. The average Bonchev–Trinajstić information content (AvgIpc) is 2.42. The number of hydrogen-bond acceptors (Lipinski definition) is 8. The highest BCUT2D eigenvalue weighted by Gasteiger charge is 2.09. The lowest BCUT2D eigenvalue weighted by molar-refractivity contribution is -0.138. The molecule has 8 nitrogen and oxygen atoms in total. The summed E-state index contributed by atoms with van der Waals surface area (Å²) in [7, 11) is 5.00. The van der Waals surface area contributed by atoms with Crippen molar-refractivity contribution in [3.05, 3.63) is 0 Å². The van der Waals surface area contributed by atoms with Crippen molar-refractivity contribution in [3.63, 3.8) is 0 Å². The van der Waals surface area contributed by atoms with E-state index in [9.17, 15) is 4.79 Å². The second-order valence-electron chi connectivity index (χ2n) is 4.03. The lowest BCUT2D eigenvalue weighted by atomic mass is 10.5. The van der Waals surface area contributed by atoms with Crippen molar-refractivity contribution < 1.29 is 9.53 Å². The second-order valence-corrected chi connectivity index (χ2v) is 4.03. The van der Waals surface area contributed by atoms with Gasteiger partial charge in [-0.15, -0.1) is 0 Å². The summed E-state index contributed by atoms with van der Waals surface area (Å²) < 4.78 is 4.55. The molecule has 0 aliphatic carbocycles. The van der Waals surface area contributed by atoms with Gasteiger partial charge in [0, 0.05) is 20.6 Å². The van der Waals surface area contributed by atoms with E-state index in [1.165, 1.54) is 7.11 Å². The lowest BCUT2D eigenvalue weighted by Gasteiger charge is -2.13. The number of nitrogens with zero attached hydrogens (tertiary/aromatic N) is 4. The molecule has 1 aromatic rings. The van der Waals surface area contributed by atoms with Crippen LogP contribution in [0.3, 0.4) is 0 Å². The standard InChI is InChI=1S/C11H20N6O2/c1-5-6-12-9-14-10(13-7-8(18)19-4)16-11(15-9)17(2)3/h5-7H2,1-4H3,(H2,12,13,14,15,16). The van der Waals surface area contributed by atoms with Gasteiger partial charge in [-0.3, -0.25) is 4.79 Å². The molecule has 0 aliphatic heterocycles. The average molecular weight is 268 g/mol. The van der Waals surface area contributed by atoms with E-state index < -0.39 is 0 Å². The molecule has 0 fully saturated rings. The topological polar surface area (TPSA) is 92.3 Å². The molecule has 19 heavy (non-hydrogen) atoms. The van der Waals surface area contributed by atoms with Crippen molar-refractivity contribution in [2.24, 2.45) is 0 Å². The predicted octanol–water partition coefficient (Wildman–Crippen LogP) is 0.344. The molecule has 0 spiro atoms. The molecule has 1 aromatic heterocycles. The van der Waals surface area contributed by atoms with E-state index in [2.05, 4.69) is 37.2 Å². The van der Waals surface area contributed by atoms with Gasteiger partial charge in [0.1, 0.15) is 6.54 Å². The summed E-state index contributed by atoms with van der Waals surface area (Å²) in [6, 6.07) is 0. The Labute approximate surface area is 112 Å². The van der Waals surface area contributed by atoms with Crippen molar-refractivity contribution in [3.8, 4) is 0 Å². The van der Waals surface area contributed by atoms with E-state index in [0.717, 1.165) is 13.0 Å². The molecule has 1 rings (SSSR count). The van der Waals surface area contributed by atoms with Gasteiger partial charge in [0.05, 0.1) is 7.11 Å². The van der Waals surface area contributed by atoms with Gasteiger partial charge in [-0.1, -0.05) is 6.92 Å². The first kappa shape index (κ1) is 14.9. The zero-order valence-electron chi connectivity index (χ0n) is 11.7. The van der Waals surface area contributed by atoms with E-state index in [0.29, 0.717) is 17.8 Å². The zero-order chi connectivity index (χ0) is 14.3. The molecule has 0 aliphatic rings. The van der Waals surface area contributed by atoms with Gasteiger partial charge in [0.2, 0.25) is 17.8 Å². The summed E-state index contributed by atoms with van der Waals surface area (Å²) in [5.74, 6) is 0.950. The Balaban J connectivity index is 2.83. The number of nitrogens with one attached hydrogen (secondary N) is 2. The minimum absolute atomic E-state index is 0.0145. The molecular formula is C11H20N6O2. The summed E-state index contributed by atoms with van der Waals surface area (Å²) in [5, 5.41) is 5.89. The van der Waals surface area contributed by atoms with E-state index >= 15 is 0 Å². The summed E-state index contributed by atoms with van der Waals surface area (Å²) in [6.45, 7) is 2.84. The predicted molar refractivity (Wildman–Crippen MR) is 73.4 cm³/mol. The molecule has 8 heteroatoms. The number of rotatable bonds is 7. The number of esters is 1. The SMILES string of the molecule is CCCNc1nc(NCC(=O)OC)nc(N(C)C)n1. The summed E-state index contributed by atoms with van der Waals surface area (Å²) in [6.07, 6.45) is 0.966. The molecular weight excluding hydrogens is 248 g/mol. The molecule has 0 saturated heterocycles. The minimum Gasteiger partial charge on any atom is -0.468 e. The molecule has 0 radical (unpaired) electrons. The van der Waals surface area contributed by atoms with Gasteiger partial charge in [-0.05, 0) is 6.42 Å². The molecule has 106 valence electrons. The van der Waals surface area contributed by atoms with Gasteiger partial charge in [0.15, 0.2) is 0 Å². The third-order valence-corrected chi connectivity index (χ3v) is 2.18. The number of carbonyl (C=O) groups excluding carboxylic acids is 1. The van der Waals surface area contributed by atoms with E-state index in [4.69, 9.17) is 0 Å². The normalized spacial score (nSPS) is 9.89. The Bertz CT molecular complexity index is 424. The quantitative estimate of drug-likeness (QED) is 0.684. The van der Waals surface area contributed by atoms with Crippen LogP contribution < -0.4 is 15.5 Å². The largest absolute Gasteiger partial charge is 0.468 e. The Hall–Kier alpha value is -2.12.